The molecule has 1 saturated carbocycles. The summed E-state index contributed by atoms with van der Waals surface area (Å²) in [6.07, 6.45) is 3.22. The van der Waals surface area contributed by atoms with Crippen LogP contribution in [0.2, 0.25) is 0 Å². The van der Waals surface area contributed by atoms with E-state index in [-0.39, 0.29) is 11.9 Å². The maximum Gasteiger partial charge on any atom is 0.308 e. The number of carbonyl (C=O) groups is 1. The molecule has 0 amide bonds. The van der Waals surface area contributed by atoms with Gasteiger partial charge in [0.2, 0.25) is 0 Å². The quantitative estimate of drug-likeness (QED) is 0.511. The van der Waals surface area contributed by atoms with Crippen LogP contribution < -0.4 is 0 Å². The number of carbonyl (C=O) groups excluding carboxylic acids is 1. The summed E-state index contributed by atoms with van der Waals surface area (Å²) < 4.78 is 15.4. The molecule has 0 aliphatic heterocycles. The first-order valence-electron chi connectivity index (χ1n) is 4.85. The number of methoxy groups -OCH3 is 3. The van der Waals surface area contributed by atoms with Crippen molar-refractivity contribution in [3.8, 4) is 0 Å². The predicted molar refractivity (Wildman–Crippen MR) is 50.7 cm³/mol. The van der Waals surface area contributed by atoms with Crippen molar-refractivity contribution in [3.63, 3.8) is 0 Å². The molecule has 0 spiro atoms. The minimum Gasteiger partial charge on any atom is -0.469 e. The normalized spacial score (nSPS) is 25.8. The second-order valence-corrected chi connectivity index (χ2v) is 3.64. The molecular formula is C10H18O4. The van der Waals surface area contributed by atoms with E-state index in [1.807, 2.05) is 0 Å². The Hall–Kier alpha value is -0.610. The van der Waals surface area contributed by atoms with Crippen molar-refractivity contribution in [3.05, 3.63) is 0 Å². The lowest BCUT2D eigenvalue weighted by molar-refractivity contribution is -0.233. The fourth-order valence-electron chi connectivity index (χ4n) is 2.02. The van der Waals surface area contributed by atoms with Crippen LogP contribution in [0.25, 0.3) is 0 Å². The van der Waals surface area contributed by atoms with Crippen molar-refractivity contribution in [2.45, 2.75) is 31.5 Å². The lowest BCUT2D eigenvalue weighted by Gasteiger charge is -2.37. The molecule has 1 aliphatic rings. The molecule has 0 aromatic rings. The first-order chi connectivity index (χ1) is 6.67. The Morgan fingerprint density at radius 3 is 2.43 bits per heavy atom. The average molecular weight is 202 g/mol. The first kappa shape index (κ1) is 11.5. The van der Waals surface area contributed by atoms with E-state index in [1.165, 1.54) is 7.11 Å². The zero-order valence-electron chi connectivity index (χ0n) is 9.04. The summed E-state index contributed by atoms with van der Waals surface area (Å²) >= 11 is 0. The van der Waals surface area contributed by atoms with E-state index in [0.717, 1.165) is 19.3 Å². The van der Waals surface area contributed by atoms with E-state index in [4.69, 9.17) is 14.2 Å². The third-order valence-corrected chi connectivity index (χ3v) is 2.95. The van der Waals surface area contributed by atoms with Gasteiger partial charge in [-0.15, -0.1) is 0 Å². The molecule has 0 saturated heterocycles. The maximum absolute atomic E-state index is 11.4. The van der Waals surface area contributed by atoms with E-state index >= 15 is 0 Å². The van der Waals surface area contributed by atoms with Gasteiger partial charge in [0.05, 0.1) is 13.0 Å². The van der Waals surface area contributed by atoms with Gasteiger partial charge in [0.1, 0.15) is 0 Å². The van der Waals surface area contributed by atoms with Crippen LogP contribution in [-0.4, -0.2) is 33.1 Å². The van der Waals surface area contributed by atoms with E-state index < -0.39 is 5.79 Å². The molecule has 82 valence electrons. The van der Waals surface area contributed by atoms with Gasteiger partial charge in [-0.1, -0.05) is 0 Å². The van der Waals surface area contributed by atoms with E-state index in [1.54, 1.807) is 14.2 Å². The summed E-state index contributed by atoms with van der Waals surface area (Å²) in [5.41, 5.74) is 0. The molecule has 14 heavy (non-hydrogen) atoms. The van der Waals surface area contributed by atoms with Crippen LogP contribution in [0.5, 0.6) is 0 Å². The summed E-state index contributed by atoms with van der Waals surface area (Å²) in [7, 11) is 4.64. The van der Waals surface area contributed by atoms with Crippen molar-refractivity contribution in [1.29, 1.82) is 0 Å². The van der Waals surface area contributed by atoms with Gasteiger partial charge in [-0.3, -0.25) is 4.79 Å². The Morgan fingerprint density at radius 2 is 1.93 bits per heavy atom. The van der Waals surface area contributed by atoms with Crippen LogP contribution in [0.4, 0.5) is 0 Å². The first-order valence-corrected chi connectivity index (χ1v) is 4.85. The van der Waals surface area contributed by atoms with Gasteiger partial charge in [-0.2, -0.15) is 0 Å². The third kappa shape index (κ3) is 2.25. The molecule has 4 nitrogen and oxygen atoms in total. The molecule has 0 aromatic heterocycles. The number of hydrogen-bond acceptors (Lipinski definition) is 4. The van der Waals surface area contributed by atoms with Crippen LogP contribution in [0, 0.1) is 5.92 Å². The summed E-state index contributed by atoms with van der Waals surface area (Å²) in [6.45, 7) is 0. The fourth-order valence-corrected chi connectivity index (χ4v) is 2.02. The zero-order chi connectivity index (χ0) is 10.6. The van der Waals surface area contributed by atoms with Gasteiger partial charge in [-0.05, 0) is 12.8 Å². The van der Waals surface area contributed by atoms with E-state index in [9.17, 15) is 4.79 Å². The summed E-state index contributed by atoms with van der Waals surface area (Å²) in [5, 5.41) is 0. The average Bonchev–Trinajstić information content (AvgIpc) is 2.28. The van der Waals surface area contributed by atoms with Crippen LogP contribution in [0.3, 0.4) is 0 Å². The van der Waals surface area contributed by atoms with Gasteiger partial charge >= 0.3 is 5.97 Å². The van der Waals surface area contributed by atoms with Gasteiger partial charge in [0, 0.05) is 27.1 Å². The molecule has 1 atom stereocenters. The molecule has 0 radical (unpaired) electrons. The predicted octanol–water partition coefficient (Wildman–Crippen LogP) is 1.34. The van der Waals surface area contributed by atoms with Crippen molar-refractivity contribution in [2.24, 2.45) is 5.92 Å². The molecule has 0 aromatic carbocycles. The van der Waals surface area contributed by atoms with Crippen LogP contribution >= 0.6 is 0 Å². The number of esters is 1. The van der Waals surface area contributed by atoms with Gasteiger partial charge < -0.3 is 14.2 Å². The molecule has 1 aliphatic carbocycles. The van der Waals surface area contributed by atoms with Gasteiger partial charge in [0.15, 0.2) is 5.79 Å². The minimum absolute atomic E-state index is 0.0892. The highest BCUT2D eigenvalue weighted by Gasteiger charge is 2.39. The fraction of sp³-hybridized carbons (Fsp3) is 0.900. The minimum atomic E-state index is -0.586. The standard InChI is InChI=1S/C10H18O4/c1-12-9(11)8-5-4-6-10(7-8,13-2)14-3/h8H,4-7H2,1-3H3. The third-order valence-electron chi connectivity index (χ3n) is 2.95. The second kappa shape index (κ2) is 4.75. The summed E-state index contributed by atoms with van der Waals surface area (Å²) in [4.78, 5) is 11.4. The summed E-state index contributed by atoms with van der Waals surface area (Å²) in [5.74, 6) is -0.839. The molecule has 1 rings (SSSR count). The van der Waals surface area contributed by atoms with E-state index in [0.29, 0.717) is 6.42 Å². The van der Waals surface area contributed by atoms with Crippen LogP contribution in [0.15, 0.2) is 0 Å². The van der Waals surface area contributed by atoms with Gasteiger partial charge in [0.25, 0.3) is 0 Å². The Kier molecular flexibility index (Phi) is 3.89. The molecule has 0 N–H and O–H groups in total. The lowest BCUT2D eigenvalue weighted by Crippen LogP contribution is -2.41. The second-order valence-electron chi connectivity index (χ2n) is 3.64. The highest BCUT2D eigenvalue weighted by Crippen LogP contribution is 2.35. The molecule has 0 heterocycles. The highest BCUT2D eigenvalue weighted by molar-refractivity contribution is 5.72. The number of rotatable bonds is 3. The van der Waals surface area contributed by atoms with Crippen molar-refractivity contribution in [1.82, 2.24) is 0 Å². The molecule has 0 bridgehead atoms. The maximum atomic E-state index is 11.4. The monoisotopic (exact) mass is 202 g/mol. The SMILES string of the molecule is COC(=O)C1CCCC(OC)(OC)C1. The van der Waals surface area contributed by atoms with E-state index in [2.05, 4.69) is 0 Å². The Labute approximate surface area is 84.5 Å². The Balaban J connectivity index is 2.62. The topological polar surface area (TPSA) is 44.8 Å². The molecule has 1 unspecified atom stereocenters. The molecule has 4 heteroatoms. The van der Waals surface area contributed by atoms with Crippen molar-refractivity contribution >= 4 is 5.97 Å². The molecular weight excluding hydrogens is 184 g/mol. The van der Waals surface area contributed by atoms with Gasteiger partial charge in [-0.25, -0.2) is 0 Å². The van der Waals surface area contributed by atoms with Crippen molar-refractivity contribution in [2.75, 3.05) is 21.3 Å². The van der Waals surface area contributed by atoms with Crippen LogP contribution in [0.1, 0.15) is 25.7 Å². The Bertz CT molecular complexity index is 198. The lowest BCUT2D eigenvalue weighted by atomic mass is 9.84. The smallest absolute Gasteiger partial charge is 0.308 e. The zero-order valence-corrected chi connectivity index (χ0v) is 9.04. The van der Waals surface area contributed by atoms with Crippen molar-refractivity contribution < 1.29 is 19.0 Å². The number of ether oxygens (including phenoxy) is 3. The number of hydrogen-bond donors (Lipinski definition) is 0. The van der Waals surface area contributed by atoms with Crippen LogP contribution in [-0.2, 0) is 19.0 Å². The molecule has 1 fully saturated rings. The summed E-state index contributed by atoms with van der Waals surface area (Å²) in [6, 6.07) is 0. The highest BCUT2D eigenvalue weighted by atomic mass is 16.7. The Morgan fingerprint density at radius 1 is 1.29 bits per heavy atom. The largest absolute Gasteiger partial charge is 0.469 e.